The number of anilines is 2. The number of benzene rings is 3. The molecule has 0 aliphatic heterocycles. The van der Waals surface area contributed by atoms with E-state index >= 15 is 0 Å². The normalized spacial score (nSPS) is 11.0. The van der Waals surface area contributed by atoms with Crippen molar-refractivity contribution in [2.75, 3.05) is 23.3 Å². The molecule has 7 heteroatoms. The number of hydrogen-bond donors (Lipinski definition) is 1. The smallest absolute Gasteiger partial charge is 0.264 e. The minimum absolute atomic E-state index is 0.125. The van der Waals surface area contributed by atoms with E-state index in [0.29, 0.717) is 17.1 Å². The van der Waals surface area contributed by atoms with Crippen LogP contribution in [0, 0.1) is 6.92 Å². The van der Waals surface area contributed by atoms with E-state index in [9.17, 15) is 13.2 Å². The third kappa shape index (κ3) is 4.75. The molecule has 0 saturated carbocycles. The third-order valence-electron chi connectivity index (χ3n) is 4.38. The van der Waals surface area contributed by atoms with Crippen LogP contribution in [0.4, 0.5) is 11.4 Å². The number of aryl methyl sites for hydroxylation is 1. The highest BCUT2D eigenvalue weighted by atomic mass is 32.2. The van der Waals surface area contributed by atoms with Crippen LogP contribution in [0.25, 0.3) is 0 Å². The number of carbonyl (C=O) groups excluding carboxylic acids is 1. The van der Waals surface area contributed by atoms with Gasteiger partial charge in [0.05, 0.1) is 17.7 Å². The van der Waals surface area contributed by atoms with Crippen LogP contribution in [0.1, 0.15) is 5.56 Å². The highest BCUT2D eigenvalue weighted by molar-refractivity contribution is 7.92. The van der Waals surface area contributed by atoms with E-state index in [1.165, 1.54) is 12.1 Å². The van der Waals surface area contributed by atoms with Crippen molar-refractivity contribution in [2.45, 2.75) is 11.8 Å². The monoisotopic (exact) mass is 410 g/mol. The molecule has 0 aromatic heterocycles. The van der Waals surface area contributed by atoms with Crippen molar-refractivity contribution in [2.24, 2.45) is 0 Å². The van der Waals surface area contributed by atoms with Crippen molar-refractivity contribution in [3.05, 3.63) is 84.4 Å². The van der Waals surface area contributed by atoms with E-state index in [0.717, 1.165) is 9.87 Å². The molecular formula is C22H22N2O4S. The molecule has 0 fully saturated rings. The van der Waals surface area contributed by atoms with Gasteiger partial charge in [-0.25, -0.2) is 8.42 Å². The molecular weight excluding hydrogens is 388 g/mol. The average Bonchev–Trinajstić information content (AvgIpc) is 2.74. The van der Waals surface area contributed by atoms with Crippen LogP contribution < -0.4 is 14.4 Å². The van der Waals surface area contributed by atoms with Gasteiger partial charge in [0, 0.05) is 5.69 Å². The van der Waals surface area contributed by atoms with Gasteiger partial charge in [0.15, 0.2) is 0 Å². The Morgan fingerprint density at radius 1 is 0.931 bits per heavy atom. The lowest BCUT2D eigenvalue weighted by Crippen LogP contribution is -2.38. The molecule has 3 rings (SSSR count). The van der Waals surface area contributed by atoms with Gasteiger partial charge in [0.2, 0.25) is 5.91 Å². The SMILES string of the molecule is COc1ccc(NC(=O)CN(c2ccccc2C)S(=O)(=O)c2ccccc2)cc1. The standard InChI is InChI=1S/C22H22N2O4S/c1-17-8-6-7-11-21(17)24(29(26,27)20-9-4-3-5-10-20)16-22(25)23-18-12-14-19(28-2)15-13-18/h3-15H,16H2,1-2H3,(H,23,25). The Bertz CT molecular complexity index is 1080. The van der Waals surface area contributed by atoms with Crippen molar-refractivity contribution < 1.29 is 17.9 Å². The fraction of sp³-hybridized carbons (Fsp3) is 0.136. The molecule has 0 atom stereocenters. The average molecular weight is 410 g/mol. The second-order valence-corrected chi connectivity index (χ2v) is 8.25. The summed E-state index contributed by atoms with van der Waals surface area (Å²) < 4.78 is 32.8. The summed E-state index contributed by atoms with van der Waals surface area (Å²) in [6, 6.07) is 22.0. The minimum atomic E-state index is -3.92. The molecule has 1 amide bonds. The Kier molecular flexibility index (Phi) is 6.19. The van der Waals surface area contributed by atoms with Crippen molar-refractivity contribution >= 4 is 27.3 Å². The van der Waals surface area contributed by atoms with E-state index < -0.39 is 15.9 Å². The van der Waals surface area contributed by atoms with Gasteiger partial charge in [-0.2, -0.15) is 0 Å². The summed E-state index contributed by atoms with van der Waals surface area (Å²) in [5.41, 5.74) is 1.77. The lowest BCUT2D eigenvalue weighted by atomic mass is 10.2. The Hall–Kier alpha value is -3.32. The molecule has 0 radical (unpaired) electrons. The van der Waals surface area contributed by atoms with Gasteiger partial charge in [-0.1, -0.05) is 36.4 Å². The third-order valence-corrected chi connectivity index (χ3v) is 6.15. The number of nitrogens with one attached hydrogen (secondary N) is 1. The van der Waals surface area contributed by atoms with Gasteiger partial charge >= 0.3 is 0 Å². The van der Waals surface area contributed by atoms with E-state index in [1.807, 2.05) is 19.1 Å². The van der Waals surface area contributed by atoms with Gasteiger partial charge in [-0.3, -0.25) is 9.10 Å². The number of para-hydroxylation sites is 1. The predicted molar refractivity (Wildman–Crippen MR) is 114 cm³/mol. The molecule has 0 bridgehead atoms. The molecule has 0 saturated heterocycles. The van der Waals surface area contributed by atoms with Crippen LogP contribution in [-0.2, 0) is 14.8 Å². The number of nitrogens with zero attached hydrogens (tertiary/aromatic N) is 1. The van der Waals surface area contributed by atoms with Crippen LogP contribution in [0.2, 0.25) is 0 Å². The largest absolute Gasteiger partial charge is 0.497 e. The fourth-order valence-corrected chi connectivity index (χ4v) is 4.37. The molecule has 0 heterocycles. The second-order valence-electron chi connectivity index (χ2n) is 6.39. The van der Waals surface area contributed by atoms with Crippen LogP contribution >= 0.6 is 0 Å². The summed E-state index contributed by atoms with van der Waals surface area (Å²) in [4.78, 5) is 12.8. The molecule has 0 spiro atoms. The minimum Gasteiger partial charge on any atom is -0.497 e. The van der Waals surface area contributed by atoms with E-state index in [2.05, 4.69) is 5.32 Å². The molecule has 1 N–H and O–H groups in total. The second kappa shape index (κ2) is 8.79. The van der Waals surface area contributed by atoms with Gasteiger partial charge in [0.25, 0.3) is 10.0 Å². The molecule has 0 unspecified atom stereocenters. The summed E-state index contributed by atoms with van der Waals surface area (Å²) in [5.74, 6) is 0.217. The number of carbonyl (C=O) groups is 1. The summed E-state index contributed by atoms with van der Waals surface area (Å²) in [6.45, 7) is 1.46. The van der Waals surface area contributed by atoms with Gasteiger partial charge in [-0.05, 0) is 55.0 Å². The molecule has 0 aliphatic carbocycles. The van der Waals surface area contributed by atoms with Crippen molar-refractivity contribution in [1.29, 1.82) is 0 Å². The topological polar surface area (TPSA) is 75.7 Å². The highest BCUT2D eigenvalue weighted by Gasteiger charge is 2.28. The molecule has 6 nitrogen and oxygen atoms in total. The van der Waals surface area contributed by atoms with Gasteiger partial charge < -0.3 is 10.1 Å². The molecule has 3 aromatic carbocycles. The lowest BCUT2D eigenvalue weighted by Gasteiger charge is -2.25. The summed E-state index contributed by atoms with van der Waals surface area (Å²) in [6.07, 6.45) is 0. The predicted octanol–water partition coefficient (Wildman–Crippen LogP) is 3.84. The maximum atomic E-state index is 13.3. The van der Waals surface area contributed by atoms with Crippen molar-refractivity contribution in [3.63, 3.8) is 0 Å². The lowest BCUT2D eigenvalue weighted by molar-refractivity contribution is -0.114. The Labute approximate surface area is 170 Å². The first-order valence-corrected chi connectivity index (χ1v) is 10.4. The Balaban J connectivity index is 1.91. The summed E-state index contributed by atoms with van der Waals surface area (Å²) in [7, 11) is -2.36. The zero-order valence-electron chi connectivity index (χ0n) is 16.2. The van der Waals surface area contributed by atoms with Crippen molar-refractivity contribution in [3.8, 4) is 5.75 Å². The van der Waals surface area contributed by atoms with Gasteiger partial charge in [-0.15, -0.1) is 0 Å². The first kappa shape index (κ1) is 20.4. The maximum absolute atomic E-state index is 13.3. The van der Waals surface area contributed by atoms with Gasteiger partial charge in [0.1, 0.15) is 12.3 Å². The Morgan fingerprint density at radius 2 is 1.55 bits per heavy atom. The van der Waals surface area contributed by atoms with E-state index in [4.69, 9.17) is 4.74 Å². The molecule has 3 aromatic rings. The number of rotatable bonds is 7. The number of amides is 1. The summed E-state index contributed by atoms with van der Waals surface area (Å²) in [5, 5.41) is 2.74. The first-order chi connectivity index (χ1) is 13.9. The Morgan fingerprint density at radius 3 is 2.17 bits per heavy atom. The van der Waals surface area contributed by atoms with E-state index in [1.54, 1.807) is 61.7 Å². The quantitative estimate of drug-likeness (QED) is 0.642. The van der Waals surface area contributed by atoms with Crippen LogP contribution in [0.5, 0.6) is 5.75 Å². The fourth-order valence-electron chi connectivity index (χ4n) is 2.87. The molecule has 29 heavy (non-hydrogen) atoms. The molecule has 0 aliphatic rings. The first-order valence-electron chi connectivity index (χ1n) is 8.99. The zero-order chi connectivity index (χ0) is 20.9. The number of hydrogen-bond acceptors (Lipinski definition) is 4. The number of ether oxygens (including phenoxy) is 1. The highest BCUT2D eigenvalue weighted by Crippen LogP contribution is 2.26. The maximum Gasteiger partial charge on any atom is 0.264 e. The number of sulfonamides is 1. The molecule has 150 valence electrons. The van der Waals surface area contributed by atoms with Crippen molar-refractivity contribution in [1.82, 2.24) is 0 Å². The van der Waals surface area contributed by atoms with Crippen LogP contribution in [-0.4, -0.2) is 28.0 Å². The zero-order valence-corrected chi connectivity index (χ0v) is 17.0. The summed E-state index contributed by atoms with van der Waals surface area (Å²) >= 11 is 0. The van der Waals surface area contributed by atoms with E-state index in [-0.39, 0.29) is 11.4 Å². The number of methoxy groups -OCH3 is 1. The van der Waals surface area contributed by atoms with Crippen LogP contribution in [0.15, 0.2) is 83.8 Å². The van der Waals surface area contributed by atoms with Crippen LogP contribution in [0.3, 0.4) is 0 Å².